The summed E-state index contributed by atoms with van der Waals surface area (Å²) in [6, 6.07) is 14.8. The number of hydrogen-bond acceptors (Lipinski definition) is 5. The molecule has 0 saturated heterocycles. The van der Waals surface area contributed by atoms with Crippen LogP contribution in [0.5, 0.6) is 5.75 Å². The number of fused-ring (bicyclic) bond motifs is 1. The van der Waals surface area contributed by atoms with Gasteiger partial charge in [0.15, 0.2) is 0 Å². The zero-order valence-electron chi connectivity index (χ0n) is 15.7. The molecule has 4 rings (SSSR count). The number of anilines is 2. The molecule has 1 heterocycles. The number of ether oxygens (including phenoxy) is 1. The first kappa shape index (κ1) is 17.6. The van der Waals surface area contributed by atoms with Gasteiger partial charge in [-0.25, -0.2) is 4.98 Å². The fourth-order valence-corrected chi connectivity index (χ4v) is 3.85. The molecule has 3 N–H and O–H groups in total. The molecule has 1 aromatic heterocycles. The summed E-state index contributed by atoms with van der Waals surface area (Å²) in [5.74, 6) is 2.03. The van der Waals surface area contributed by atoms with Crippen molar-refractivity contribution in [3.8, 4) is 16.9 Å². The van der Waals surface area contributed by atoms with Crippen LogP contribution in [0, 0.1) is 0 Å². The number of nitrogens with zero attached hydrogens (tertiary/aromatic N) is 2. The van der Waals surface area contributed by atoms with Crippen molar-refractivity contribution in [1.82, 2.24) is 9.97 Å². The maximum absolute atomic E-state index is 5.96. The standard InChI is InChI=1S/C22H26N4O/c1-2-27-20-11-7-6-10-17(20)15-12-13-19-18(14-15)21(26-22(23)25-19)24-16-8-4-3-5-9-16/h6-7,10-14,16H,2-5,8-9H2,1H3,(H3,23,24,25,26). The molecule has 0 atom stereocenters. The SMILES string of the molecule is CCOc1ccccc1-c1ccc2nc(N)nc(NC3CCCCC3)c2c1. The van der Waals surface area contributed by atoms with Gasteiger partial charge in [0.2, 0.25) is 5.95 Å². The van der Waals surface area contributed by atoms with E-state index in [4.69, 9.17) is 10.5 Å². The van der Waals surface area contributed by atoms with Gasteiger partial charge in [-0.15, -0.1) is 0 Å². The first-order valence-corrected chi connectivity index (χ1v) is 9.80. The number of rotatable bonds is 5. The van der Waals surface area contributed by atoms with Crippen LogP contribution in [0.1, 0.15) is 39.0 Å². The van der Waals surface area contributed by atoms with Crippen molar-refractivity contribution in [2.24, 2.45) is 0 Å². The van der Waals surface area contributed by atoms with Crippen LogP contribution in [-0.4, -0.2) is 22.6 Å². The lowest BCUT2D eigenvalue weighted by atomic mass is 9.95. The van der Waals surface area contributed by atoms with E-state index in [0.717, 1.165) is 33.6 Å². The summed E-state index contributed by atoms with van der Waals surface area (Å²) < 4.78 is 5.81. The maximum Gasteiger partial charge on any atom is 0.222 e. The molecule has 2 aromatic carbocycles. The second-order valence-electron chi connectivity index (χ2n) is 7.07. The Morgan fingerprint density at radius 3 is 2.70 bits per heavy atom. The first-order chi connectivity index (χ1) is 13.2. The number of para-hydroxylation sites is 1. The second-order valence-corrected chi connectivity index (χ2v) is 7.07. The lowest BCUT2D eigenvalue weighted by molar-refractivity contribution is 0.341. The molecule has 0 bridgehead atoms. The van der Waals surface area contributed by atoms with E-state index in [-0.39, 0.29) is 0 Å². The van der Waals surface area contributed by atoms with Crippen molar-refractivity contribution < 1.29 is 4.74 Å². The predicted octanol–water partition coefficient (Wildman–Crippen LogP) is 5.02. The van der Waals surface area contributed by atoms with E-state index in [1.165, 1.54) is 32.1 Å². The van der Waals surface area contributed by atoms with Gasteiger partial charge in [0.05, 0.1) is 12.1 Å². The summed E-state index contributed by atoms with van der Waals surface area (Å²) in [5.41, 5.74) is 8.98. The van der Waals surface area contributed by atoms with Gasteiger partial charge in [-0.05, 0) is 43.5 Å². The largest absolute Gasteiger partial charge is 0.493 e. The minimum absolute atomic E-state index is 0.309. The number of aromatic nitrogens is 2. The predicted molar refractivity (Wildman–Crippen MR) is 111 cm³/mol. The normalized spacial score (nSPS) is 15.0. The van der Waals surface area contributed by atoms with Gasteiger partial charge < -0.3 is 15.8 Å². The summed E-state index contributed by atoms with van der Waals surface area (Å²) in [7, 11) is 0. The molecule has 3 aromatic rings. The third kappa shape index (κ3) is 3.82. The van der Waals surface area contributed by atoms with Crippen LogP contribution < -0.4 is 15.8 Å². The summed E-state index contributed by atoms with van der Waals surface area (Å²) in [6.07, 6.45) is 6.21. The third-order valence-corrected chi connectivity index (χ3v) is 5.16. The Balaban J connectivity index is 1.76. The third-order valence-electron chi connectivity index (χ3n) is 5.16. The minimum atomic E-state index is 0.309. The molecule has 0 amide bonds. The first-order valence-electron chi connectivity index (χ1n) is 9.80. The molecule has 140 valence electrons. The van der Waals surface area contributed by atoms with E-state index in [2.05, 4.69) is 33.5 Å². The highest BCUT2D eigenvalue weighted by Gasteiger charge is 2.16. The van der Waals surface area contributed by atoms with Crippen LogP contribution >= 0.6 is 0 Å². The minimum Gasteiger partial charge on any atom is -0.493 e. The molecular weight excluding hydrogens is 336 g/mol. The Bertz CT molecular complexity index is 935. The quantitative estimate of drug-likeness (QED) is 0.666. The van der Waals surface area contributed by atoms with Gasteiger partial charge in [0.1, 0.15) is 11.6 Å². The van der Waals surface area contributed by atoms with E-state index < -0.39 is 0 Å². The zero-order valence-corrected chi connectivity index (χ0v) is 15.7. The van der Waals surface area contributed by atoms with Crippen LogP contribution in [0.3, 0.4) is 0 Å². The molecule has 0 radical (unpaired) electrons. The number of hydrogen-bond donors (Lipinski definition) is 2. The van der Waals surface area contributed by atoms with Crippen molar-refractivity contribution in [2.45, 2.75) is 45.1 Å². The van der Waals surface area contributed by atoms with Gasteiger partial charge in [-0.1, -0.05) is 43.5 Å². The molecule has 5 nitrogen and oxygen atoms in total. The summed E-state index contributed by atoms with van der Waals surface area (Å²) in [4.78, 5) is 8.93. The van der Waals surface area contributed by atoms with E-state index in [0.29, 0.717) is 18.6 Å². The van der Waals surface area contributed by atoms with Gasteiger partial charge >= 0.3 is 0 Å². The summed E-state index contributed by atoms with van der Waals surface area (Å²) in [5, 5.41) is 4.62. The van der Waals surface area contributed by atoms with Crippen molar-refractivity contribution in [3.63, 3.8) is 0 Å². The van der Waals surface area contributed by atoms with E-state index in [9.17, 15) is 0 Å². The molecular formula is C22H26N4O. The molecule has 0 spiro atoms. The Morgan fingerprint density at radius 1 is 1.07 bits per heavy atom. The number of nitrogens with two attached hydrogens (primary N) is 1. The van der Waals surface area contributed by atoms with Gasteiger partial charge in [-0.3, -0.25) is 0 Å². The Labute approximate surface area is 160 Å². The summed E-state index contributed by atoms with van der Waals surface area (Å²) in [6.45, 7) is 2.64. The van der Waals surface area contributed by atoms with E-state index in [1.54, 1.807) is 0 Å². The average molecular weight is 362 g/mol. The lowest BCUT2D eigenvalue weighted by Gasteiger charge is -2.24. The lowest BCUT2D eigenvalue weighted by Crippen LogP contribution is -2.23. The molecule has 27 heavy (non-hydrogen) atoms. The Morgan fingerprint density at radius 2 is 1.89 bits per heavy atom. The zero-order chi connectivity index (χ0) is 18.6. The number of nitrogen functional groups attached to an aromatic ring is 1. The number of nitrogens with one attached hydrogen (secondary N) is 1. The van der Waals surface area contributed by atoms with Crippen molar-refractivity contribution in [2.75, 3.05) is 17.7 Å². The molecule has 5 heteroatoms. The Kier molecular flexibility index (Phi) is 5.10. The summed E-state index contributed by atoms with van der Waals surface area (Å²) >= 11 is 0. The van der Waals surface area contributed by atoms with Crippen LogP contribution in [0.2, 0.25) is 0 Å². The van der Waals surface area contributed by atoms with E-state index >= 15 is 0 Å². The number of benzene rings is 2. The average Bonchev–Trinajstić information content (AvgIpc) is 2.69. The maximum atomic E-state index is 5.96. The molecule has 1 aliphatic rings. The fourth-order valence-electron chi connectivity index (χ4n) is 3.85. The second kappa shape index (κ2) is 7.82. The monoisotopic (exact) mass is 362 g/mol. The van der Waals surface area contributed by atoms with Gasteiger partial charge in [0, 0.05) is 17.0 Å². The van der Waals surface area contributed by atoms with Crippen molar-refractivity contribution >= 4 is 22.7 Å². The van der Waals surface area contributed by atoms with Gasteiger partial charge in [-0.2, -0.15) is 4.98 Å². The Hall–Kier alpha value is -2.82. The van der Waals surface area contributed by atoms with Crippen LogP contribution in [0.15, 0.2) is 42.5 Å². The van der Waals surface area contributed by atoms with E-state index in [1.807, 2.05) is 31.2 Å². The van der Waals surface area contributed by atoms with Crippen LogP contribution in [0.4, 0.5) is 11.8 Å². The van der Waals surface area contributed by atoms with Crippen LogP contribution in [-0.2, 0) is 0 Å². The fraction of sp³-hybridized carbons (Fsp3) is 0.364. The van der Waals surface area contributed by atoms with Crippen molar-refractivity contribution in [3.05, 3.63) is 42.5 Å². The topological polar surface area (TPSA) is 73.1 Å². The van der Waals surface area contributed by atoms with Crippen LogP contribution in [0.25, 0.3) is 22.0 Å². The highest BCUT2D eigenvalue weighted by Crippen LogP contribution is 2.34. The van der Waals surface area contributed by atoms with Gasteiger partial charge in [0.25, 0.3) is 0 Å². The highest BCUT2D eigenvalue weighted by molar-refractivity contribution is 5.94. The smallest absolute Gasteiger partial charge is 0.222 e. The molecule has 1 aliphatic carbocycles. The highest BCUT2D eigenvalue weighted by atomic mass is 16.5. The molecule has 0 aliphatic heterocycles. The van der Waals surface area contributed by atoms with Crippen molar-refractivity contribution in [1.29, 1.82) is 0 Å². The molecule has 1 fully saturated rings. The molecule has 1 saturated carbocycles. The molecule has 0 unspecified atom stereocenters.